The molecule has 44 heavy (non-hydrogen) atoms. The zero-order valence-electron chi connectivity index (χ0n) is 25.0. The minimum absolute atomic E-state index is 0.0163. The number of benzene rings is 1. The van der Waals surface area contributed by atoms with Gasteiger partial charge in [0.1, 0.15) is 11.5 Å². The number of esters is 1. The van der Waals surface area contributed by atoms with E-state index in [4.69, 9.17) is 33.3 Å². The number of alkyl halides is 3. The van der Waals surface area contributed by atoms with Crippen molar-refractivity contribution in [1.82, 2.24) is 10.2 Å². The van der Waals surface area contributed by atoms with Gasteiger partial charge in [-0.25, -0.2) is 4.39 Å². The normalized spacial score (nSPS) is 28.0. The molecule has 242 valence electrons. The average Bonchev–Trinajstić information content (AvgIpc) is 3.24. The van der Waals surface area contributed by atoms with Gasteiger partial charge in [0.2, 0.25) is 0 Å². The van der Waals surface area contributed by atoms with Crippen molar-refractivity contribution in [3.63, 3.8) is 0 Å². The molecular formula is C31H37Cl2F4N3O4. The number of carbonyl (C=O) groups is 3. The number of nitrogens with one attached hydrogen (secondary N) is 2. The van der Waals surface area contributed by atoms with Crippen LogP contribution in [0.15, 0.2) is 23.4 Å². The van der Waals surface area contributed by atoms with Crippen molar-refractivity contribution >= 4 is 47.1 Å². The largest absolute Gasteiger partial charge is 0.466 e. The Morgan fingerprint density at radius 2 is 1.77 bits per heavy atom. The van der Waals surface area contributed by atoms with E-state index in [1.807, 2.05) is 0 Å². The molecule has 0 aliphatic heterocycles. The molecule has 3 saturated carbocycles. The van der Waals surface area contributed by atoms with Crippen LogP contribution in [0.5, 0.6) is 0 Å². The summed E-state index contributed by atoms with van der Waals surface area (Å²) in [5.41, 5.74) is -2.67. The minimum atomic E-state index is -5.03. The number of hydrogen-bond donors (Lipinski definition) is 2. The molecule has 0 unspecified atom stereocenters. The Labute approximate surface area is 264 Å². The van der Waals surface area contributed by atoms with Crippen LogP contribution in [0.4, 0.5) is 17.6 Å². The lowest BCUT2D eigenvalue weighted by molar-refractivity contribution is -0.151. The first-order valence-electron chi connectivity index (χ1n) is 14.8. The molecule has 0 saturated heterocycles. The smallest absolute Gasteiger partial charge is 0.431 e. The summed E-state index contributed by atoms with van der Waals surface area (Å²) in [6, 6.07) is 0.816. The predicted molar refractivity (Wildman–Crippen MR) is 158 cm³/mol. The minimum Gasteiger partial charge on any atom is -0.466 e. The van der Waals surface area contributed by atoms with E-state index in [-0.39, 0.29) is 53.2 Å². The number of ether oxygens (including phenoxy) is 1. The van der Waals surface area contributed by atoms with Crippen LogP contribution in [0, 0.1) is 40.3 Å². The van der Waals surface area contributed by atoms with Gasteiger partial charge in [-0.3, -0.25) is 14.4 Å². The van der Waals surface area contributed by atoms with E-state index < -0.39 is 70.5 Å². The van der Waals surface area contributed by atoms with Gasteiger partial charge in [0, 0.05) is 18.3 Å². The molecule has 0 spiro atoms. The Kier molecular flexibility index (Phi) is 10.1. The Balaban J connectivity index is 1.65. The topological polar surface area (TPSA) is 99.6 Å². The first-order chi connectivity index (χ1) is 20.5. The van der Waals surface area contributed by atoms with Crippen LogP contribution in [-0.2, 0) is 14.3 Å². The zero-order valence-corrected chi connectivity index (χ0v) is 26.5. The van der Waals surface area contributed by atoms with Crippen LogP contribution in [0.25, 0.3) is 0 Å². The lowest BCUT2D eigenvalue weighted by atomic mass is 9.78. The number of amides is 1. The lowest BCUT2D eigenvalue weighted by Crippen LogP contribution is -2.47. The van der Waals surface area contributed by atoms with Gasteiger partial charge in [0.05, 0.1) is 40.3 Å². The molecular weight excluding hydrogens is 625 g/mol. The number of fused-ring (bicyclic) bond motifs is 1. The SMILES string of the molecule is CCOC(=O)[C@H]1CC[C@H](N/C(=C(\C=N)C(=O)N(CC(=O)c2c(Cl)ccc(F)c2Cl)[C@H]2C[C@@H]3[C@H](C2)C3(C)C)C(F)(F)F)C[C@H]1C. The third-order valence-corrected chi connectivity index (χ3v) is 10.4. The van der Waals surface area contributed by atoms with E-state index >= 15 is 0 Å². The van der Waals surface area contributed by atoms with Crippen molar-refractivity contribution in [2.45, 2.75) is 78.1 Å². The number of allylic oxidation sites excluding steroid dienone is 1. The highest BCUT2D eigenvalue weighted by atomic mass is 35.5. The monoisotopic (exact) mass is 661 g/mol. The zero-order chi connectivity index (χ0) is 32.7. The van der Waals surface area contributed by atoms with E-state index in [1.54, 1.807) is 13.8 Å². The quantitative estimate of drug-likeness (QED) is 0.0702. The summed E-state index contributed by atoms with van der Waals surface area (Å²) in [6.07, 6.45) is -3.02. The molecule has 0 heterocycles. The number of Topliss-reactive ketones (excluding diaryl/α,β-unsaturated/α-hetero) is 1. The number of hydrogen-bond acceptors (Lipinski definition) is 6. The second-order valence-corrected chi connectivity index (χ2v) is 13.4. The third-order valence-electron chi connectivity index (χ3n) is 9.71. The summed E-state index contributed by atoms with van der Waals surface area (Å²) in [5, 5.41) is 9.67. The molecule has 4 rings (SSSR count). The third kappa shape index (κ3) is 6.78. The van der Waals surface area contributed by atoms with Crippen LogP contribution in [0.2, 0.25) is 10.0 Å². The number of rotatable bonds is 10. The molecule has 1 aromatic carbocycles. The van der Waals surface area contributed by atoms with Gasteiger partial charge in [-0.1, -0.05) is 44.0 Å². The molecule has 13 heteroatoms. The lowest BCUT2D eigenvalue weighted by Gasteiger charge is -2.35. The van der Waals surface area contributed by atoms with E-state index in [0.29, 0.717) is 25.5 Å². The van der Waals surface area contributed by atoms with Crippen molar-refractivity contribution in [1.29, 1.82) is 5.41 Å². The van der Waals surface area contributed by atoms with Crippen LogP contribution in [0.3, 0.4) is 0 Å². The molecule has 7 nitrogen and oxygen atoms in total. The van der Waals surface area contributed by atoms with Crippen molar-refractivity contribution < 1.29 is 36.7 Å². The summed E-state index contributed by atoms with van der Waals surface area (Å²) in [7, 11) is 0. The van der Waals surface area contributed by atoms with Gasteiger partial charge in [0.25, 0.3) is 5.91 Å². The fourth-order valence-corrected chi connectivity index (χ4v) is 7.73. The molecule has 0 bridgehead atoms. The highest BCUT2D eigenvalue weighted by Crippen LogP contribution is 2.67. The first-order valence-corrected chi connectivity index (χ1v) is 15.5. The van der Waals surface area contributed by atoms with Gasteiger partial charge in [-0.2, -0.15) is 13.2 Å². The molecule has 3 aliphatic rings. The van der Waals surface area contributed by atoms with Crippen LogP contribution in [0.1, 0.15) is 70.2 Å². The van der Waals surface area contributed by atoms with E-state index in [0.717, 1.165) is 17.0 Å². The molecule has 3 aliphatic carbocycles. The second kappa shape index (κ2) is 13.0. The number of ketones is 1. The van der Waals surface area contributed by atoms with Gasteiger partial charge in [-0.15, -0.1) is 0 Å². The predicted octanol–water partition coefficient (Wildman–Crippen LogP) is 7.00. The molecule has 6 atom stereocenters. The first kappa shape index (κ1) is 34.2. The van der Waals surface area contributed by atoms with E-state index in [9.17, 15) is 31.9 Å². The van der Waals surface area contributed by atoms with E-state index in [2.05, 4.69) is 19.2 Å². The Hall–Kier alpha value is -2.66. The molecule has 0 radical (unpaired) electrons. The highest BCUT2D eigenvalue weighted by Gasteiger charge is 2.63. The maximum atomic E-state index is 14.6. The van der Waals surface area contributed by atoms with Crippen molar-refractivity contribution in [3.8, 4) is 0 Å². The molecule has 1 amide bonds. The number of nitrogens with zero attached hydrogens (tertiary/aromatic N) is 1. The fourth-order valence-electron chi connectivity index (χ4n) is 7.15. The fraction of sp³-hybridized carbons (Fsp3) is 0.613. The average molecular weight is 663 g/mol. The van der Waals surface area contributed by atoms with Crippen molar-refractivity contribution in [2.24, 2.45) is 29.1 Å². The van der Waals surface area contributed by atoms with Gasteiger partial charge in [-0.05, 0) is 74.3 Å². The molecule has 1 aromatic rings. The summed E-state index contributed by atoms with van der Waals surface area (Å²) in [6.45, 7) is 7.10. The number of carbonyl (C=O) groups excluding carboxylic acids is 3. The van der Waals surface area contributed by atoms with Crippen LogP contribution < -0.4 is 5.32 Å². The standard InChI is InChI=1S/C31H37Cl2F4N3O4/c1-5-44-29(43)18-7-6-16(10-15(18)2)39-27(31(35,36)37)19(13-38)28(42)40(17-11-20-21(12-17)30(20,3)4)14-24(41)25-22(32)8-9-23(34)26(25)33/h8-9,13,15-18,20-21,38-39H,5-7,10-12,14H2,1-4H3/b27-19+,38-13?/t15-,16+,17-,18+,20+,21-/m1/s1. The summed E-state index contributed by atoms with van der Waals surface area (Å²) in [4.78, 5) is 40.7. The summed E-state index contributed by atoms with van der Waals surface area (Å²) >= 11 is 12.2. The molecule has 0 aromatic heterocycles. The Morgan fingerprint density at radius 3 is 2.32 bits per heavy atom. The van der Waals surface area contributed by atoms with Crippen LogP contribution >= 0.6 is 23.2 Å². The summed E-state index contributed by atoms with van der Waals surface area (Å²) in [5.74, 6) is -3.55. The van der Waals surface area contributed by atoms with Gasteiger partial charge >= 0.3 is 12.1 Å². The van der Waals surface area contributed by atoms with Gasteiger partial charge < -0.3 is 20.4 Å². The molecule has 2 N–H and O–H groups in total. The molecule has 3 fully saturated rings. The Bertz CT molecular complexity index is 1350. The van der Waals surface area contributed by atoms with E-state index in [1.165, 1.54) is 0 Å². The van der Waals surface area contributed by atoms with Gasteiger partial charge in [0.15, 0.2) is 5.78 Å². The highest BCUT2D eigenvalue weighted by molar-refractivity contribution is 6.40. The maximum absolute atomic E-state index is 14.6. The van der Waals surface area contributed by atoms with Crippen molar-refractivity contribution in [3.05, 3.63) is 44.8 Å². The van der Waals surface area contributed by atoms with Crippen molar-refractivity contribution in [2.75, 3.05) is 13.2 Å². The van der Waals surface area contributed by atoms with Crippen LogP contribution in [-0.4, -0.2) is 60.2 Å². The Morgan fingerprint density at radius 1 is 1.14 bits per heavy atom. The summed E-state index contributed by atoms with van der Waals surface area (Å²) < 4.78 is 63.0. The maximum Gasteiger partial charge on any atom is 0.431 e. The second-order valence-electron chi connectivity index (χ2n) is 12.7. The number of halogens is 6.